The van der Waals surface area contributed by atoms with E-state index < -0.39 is 8.07 Å². The summed E-state index contributed by atoms with van der Waals surface area (Å²) in [6.07, 6.45) is 5.02. The van der Waals surface area contributed by atoms with Crippen molar-refractivity contribution in [1.29, 1.82) is 0 Å². The van der Waals surface area contributed by atoms with Crippen LogP contribution in [0.4, 0.5) is 4.39 Å². The standard InChI is InChI=1S/C17H23FN2Si/c1-4-21(5-2,6-3)12-8-7-9-16-14-20-13-15(18)10-11-17(20)19-16/h10-11,13-14H,4-7,9H2,1-3H3. The smallest absolute Gasteiger partial charge is 0.139 e. The minimum atomic E-state index is -1.33. The molecule has 21 heavy (non-hydrogen) atoms. The van der Waals surface area contributed by atoms with Gasteiger partial charge in [0.2, 0.25) is 0 Å². The summed E-state index contributed by atoms with van der Waals surface area (Å²) in [6.45, 7) is 6.81. The third kappa shape index (κ3) is 3.73. The third-order valence-electron chi connectivity index (χ3n) is 4.35. The van der Waals surface area contributed by atoms with Crippen LogP contribution in [0.2, 0.25) is 18.1 Å². The summed E-state index contributed by atoms with van der Waals surface area (Å²) in [5, 5.41) is 0. The van der Waals surface area contributed by atoms with Crippen molar-refractivity contribution in [3.8, 4) is 11.5 Å². The van der Waals surface area contributed by atoms with Crippen molar-refractivity contribution in [3.05, 3.63) is 36.0 Å². The molecule has 2 nitrogen and oxygen atoms in total. The van der Waals surface area contributed by atoms with Gasteiger partial charge in [0.25, 0.3) is 0 Å². The van der Waals surface area contributed by atoms with Crippen molar-refractivity contribution in [2.24, 2.45) is 0 Å². The molecule has 2 aromatic rings. The number of nitrogens with zero attached hydrogens (tertiary/aromatic N) is 2. The summed E-state index contributed by atoms with van der Waals surface area (Å²) in [5.41, 5.74) is 5.36. The zero-order valence-corrected chi connectivity index (χ0v) is 14.1. The van der Waals surface area contributed by atoms with Crippen LogP contribution in [0.25, 0.3) is 5.65 Å². The summed E-state index contributed by atoms with van der Waals surface area (Å²) >= 11 is 0. The van der Waals surface area contributed by atoms with E-state index in [1.165, 1.54) is 30.4 Å². The topological polar surface area (TPSA) is 17.3 Å². The summed E-state index contributed by atoms with van der Waals surface area (Å²) in [6, 6.07) is 6.85. The van der Waals surface area contributed by atoms with Crippen LogP contribution in [0.3, 0.4) is 0 Å². The van der Waals surface area contributed by atoms with Gasteiger partial charge in [-0.15, -0.1) is 11.5 Å². The second-order valence-corrected chi connectivity index (χ2v) is 10.4. The molecule has 0 aliphatic heterocycles. The molecule has 0 spiro atoms. The van der Waals surface area contributed by atoms with Crippen molar-refractivity contribution in [3.63, 3.8) is 0 Å². The Balaban J connectivity index is 2.02. The molecular formula is C17H23FN2Si. The number of pyridine rings is 1. The molecule has 112 valence electrons. The van der Waals surface area contributed by atoms with E-state index in [1.54, 1.807) is 10.5 Å². The first kappa shape index (κ1) is 15.8. The molecule has 0 atom stereocenters. The van der Waals surface area contributed by atoms with Gasteiger partial charge < -0.3 is 4.40 Å². The molecule has 0 radical (unpaired) electrons. The average Bonchev–Trinajstić information content (AvgIpc) is 2.90. The second-order valence-electron chi connectivity index (χ2n) is 5.49. The summed E-state index contributed by atoms with van der Waals surface area (Å²) in [4.78, 5) is 4.49. The molecule has 0 aromatic carbocycles. The van der Waals surface area contributed by atoms with Crippen LogP contribution in [0, 0.1) is 17.3 Å². The van der Waals surface area contributed by atoms with Gasteiger partial charge in [0.1, 0.15) is 19.5 Å². The Morgan fingerprint density at radius 2 is 1.86 bits per heavy atom. The highest BCUT2D eigenvalue weighted by molar-refractivity contribution is 6.87. The van der Waals surface area contributed by atoms with Gasteiger partial charge in [0.15, 0.2) is 0 Å². The number of aromatic nitrogens is 2. The molecule has 0 unspecified atom stereocenters. The minimum Gasteiger partial charge on any atom is -0.304 e. The van der Waals surface area contributed by atoms with Gasteiger partial charge in [-0.1, -0.05) is 20.8 Å². The van der Waals surface area contributed by atoms with Gasteiger partial charge in [-0.25, -0.2) is 9.37 Å². The number of rotatable bonds is 5. The fourth-order valence-electron chi connectivity index (χ4n) is 2.59. The zero-order valence-electron chi connectivity index (χ0n) is 13.1. The molecule has 0 bridgehead atoms. The first-order chi connectivity index (χ1) is 10.1. The van der Waals surface area contributed by atoms with Crippen molar-refractivity contribution >= 4 is 13.7 Å². The average molecular weight is 302 g/mol. The van der Waals surface area contributed by atoms with Crippen molar-refractivity contribution < 1.29 is 4.39 Å². The first-order valence-electron chi connectivity index (χ1n) is 7.75. The monoisotopic (exact) mass is 302 g/mol. The highest BCUT2D eigenvalue weighted by atomic mass is 28.3. The predicted octanol–water partition coefficient (Wildman–Crippen LogP) is 4.46. The second kappa shape index (κ2) is 6.90. The van der Waals surface area contributed by atoms with Gasteiger partial charge in [-0.2, -0.15) is 0 Å². The lowest BCUT2D eigenvalue weighted by Gasteiger charge is -2.19. The third-order valence-corrected chi connectivity index (χ3v) is 9.12. The zero-order chi connectivity index (χ0) is 15.3. The van der Waals surface area contributed by atoms with Gasteiger partial charge in [-0.3, -0.25) is 0 Å². The minimum absolute atomic E-state index is 0.240. The van der Waals surface area contributed by atoms with Crippen LogP contribution in [0.15, 0.2) is 24.5 Å². The number of hydrogen-bond acceptors (Lipinski definition) is 1. The van der Waals surface area contributed by atoms with Gasteiger partial charge in [0.05, 0.1) is 5.69 Å². The van der Waals surface area contributed by atoms with E-state index in [0.717, 1.165) is 24.2 Å². The van der Waals surface area contributed by atoms with Crippen LogP contribution >= 0.6 is 0 Å². The van der Waals surface area contributed by atoms with Crippen LogP contribution in [-0.2, 0) is 6.42 Å². The number of aryl methyl sites for hydroxylation is 1. The van der Waals surface area contributed by atoms with E-state index in [9.17, 15) is 4.39 Å². The maximum atomic E-state index is 13.1. The van der Waals surface area contributed by atoms with E-state index >= 15 is 0 Å². The highest BCUT2D eigenvalue weighted by Gasteiger charge is 2.23. The van der Waals surface area contributed by atoms with Crippen LogP contribution < -0.4 is 0 Å². The number of halogens is 1. The van der Waals surface area contributed by atoms with E-state index in [4.69, 9.17) is 0 Å². The summed E-state index contributed by atoms with van der Waals surface area (Å²) < 4.78 is 14.9. The Kier molecular flexibility index (Phi) is 5.19. The number of fused-ring (bicyclic) bond motifs is 1. The normalized spacial score (nSPS) is 11.4. The molecule has 0 aliphatic carbocycles. The van der Waals surface area contributed by atoms with Crippen LogP contribution in [0.1, 0.15) is 32.9 Å². The maximum Gasteiger partial charge on any atom is 0.139 e. The van der Waals surface area contributed by atoms with Crippen molar-refractivity contribution in [2.45, 2.75) is 51.7 Å². The molecule has 0 aliphatic rings. The first-order valence-corrected chi connectivity index (χ1v) is 10.4. The Morgan fingerprint density at radius 1 is 1.14 bits per heavy atom. The Hall–Kier alpha value is -1.60. The van der Waals surface area contributed by atoms with E-state index in [2.05, 4.69) is 37.2 Å². The lowest BCUT2D eigenvalue weighted by atomic mass is 10.3. The lowest BCUT2D eigenvalue weighted by Crippen LogP contribution is -2.29. The predicted molar refractivity (Wildman–Crippen MR) is 88.4 cm³/mol. The van der Waals surface area contributed by atoms with Crippen molar-refractivity contribution in [1.82, 2.24) is 9.38 Å². The lowest BCUT2D eigenvalue weighted by molar-refractivity contribution is 0.619. The molecule has 0 N–H and O–H groups in total. The number of hydrogen-bond donors (Lipinski definition) is 0. The maximum absolute atomic E-state index is 13.1. The quantitative estimate of drug-likeness (QED) is 0.589. The Bertz CT molecular complexity index is 654. The molecule has 2 aromatic heterocycles. The van der Waals surface area contributed by atoms with Crippen LogP contribution in [0.5, 0.6) is 0 Å². The van der Waals surface area contributed by atoms with Gasteiger partial charge in [-0.05, 0) is 30.3 Å². The Labute approximate surface area is 127 Å². The van der Waals surface area contributed by atoms with Crippen LogP contribution in [-0.4, -0.2) is 17.5 Å². The van der Waals surface area contributed by atoms with Gasteiger partial charge >= 0.3 is 0 Å². The fraction of sp³-hybridized carbons (Fsp3) is 0.471. The fourth-order valence-corrected chi connectivity index (χ4v) is 5.12. The molecule has 0 fully saturated rings. The molecule has 2 rings (SSSR count). The highest BCUT2D eigenvalue weighted by Crippen LogP contribution is 2.18. The van der Waals surface area contributed by atoms with E-state index in [1.807, 2.05) is 6.20 Å². The summed E-state index contributed by atoms with van der Waals surface area (Å²) in [7, 11) is -1.33. The molecule has 4 heteroatoms. The molecule has 0 saturated carbocycles. The van der Waals surface area contributed by atoms with Crippen molar-refractivity contribution in [2.75, 3.05) is 0 Å². The summed E-state index contributed by atoms with van der Waals surface area (Å²) in [5.74, 6) is 3.13. The van der Waals surface area contributed by atoms with Gasteiger partial charge in [0, 0.05) is 25.2 Å². The SMILES string of the molecule is CC[Si](C#CCCc1cn2cc(F)ccc2n1)(CC)CC. The largest absolute Gasteiger partial charge is 0.304 e. The van der Waals surface area contributed by atoms with E-state index in [0.29, 0.717) is 0 Å². The molecular weight excluding hydrogens is 279 g/mol. The van der Waals surface area contributed by atoms with E-state index in [-0.39, 0.29) is 5.82 Å². The molecule has 0 saturated heterocycles. The number of imidazole rings is 1. The molecule has 2 heterocycles. The molecule has 0 amide bonds. The Morgan fingerprint density at radius 3 is 2.52 bits per heavy atom.